The van der Waals surface area contributed by atoms with Crippen LogP contribution in [0.15, 0.2) is 78.6 Å². The number of ether oxygens (including phenoxy) is 12. The zero-order valence-electron chi connectivity index (χ0n) is 49.3. The molecule has 4 aromatic carbocycles. The SMILES string of the molecule is O=C(O)CC(=O)OCC1OC(Oc2cc(O)cc3c2C=C(OC2OC(COC(=O)C=Cc4ccc(OC5OC(COC(=O)C=Cc6ccc(O)c(OC7OC(CO)C(O)C(O)C7O)c6)C(O)C(O)C5O)c(O)c4)C(O)C(O)C2O)C(c2cc(O)c(O)c(O)c2)O3)C(O)C(O)C1O. The predicted octanol–water partition coefficient (Wildman–Crippen LogP) is -4.70. The van der Waals surface area contributed by atoms with Gasteiger partial charge in [-0.3, -0.25) is 9.59 Å². The smallest absolute Gasteiger partial charge is 0.330 e. The third-order valence-corrected chi connectivity index (χ3v) is 15.4. The van der Waals surface area contributed by atoms with Crippen LogP contribution in [0.5, 0.6) is 57.5 Å². The van der Waals surface area contributed by atoms with E-state index in [4.69, 9.17) is 61.9 Å². The summed E-state index contributed by atoms with van der Waals surface area (Å²) in [5, 5.41) is 209. The number of fused-ring (bicyclic) bond motifs is 1. The van der Waals surface area contributed by atoms with Crippen LogP contribution in [-0.2, 0) is 57.1 Å². The predicted molar refractivity (Wildman–Crippen MR) is 307 cm³/mol. The Kier molecular flexibility index (Phi) is 22.6. The van der Waals surface area contributed by atoms with Crippen molar-refractivity contribution < 1.29 is 178 Å². The number of aliphatic carboxylic acids is 1. The van der Waals surface area contributed by atoms with Crippen molar-refractivity contribution in [3.8, 4) is 57.5 Å². The molecule has 5 aliphatic rings. The molecule has 0 spiro atoms. The van der Waals surface area contributed by atoms with Crippen LogP contribution in [-0.4, -0.2) is 275 Å². The normalized spacial score (nSPS) is 32.1. The monoisotopic (exact) mass is 1360 g/mol. The molecule has 522 valence electrons. The van der Waals surface area contributed by atoms with Gasteiger partial charge >= 0.3 is 23.9 Å². The van der Waals surface area contributed by atoms with Crippen LogP contribution in [0.4, 0.5) is 0 Å². The quantitative estimate of drug-likeness (QED) is 0.0116. The number of carboxylic acid groups (broad SMARTS) is 1. The van der Waals surface area contributed by atoms with Crippen molar-refractivity contribution in [3.63, 3.8) is 0 Å². The van der Waals surface area contributed by atoms with Gasteiger partial charge in [0.2, 0.25) is 25.2 Å². The molecular weight excluding hydrogens is 1300 g/mol. The molecule has 0 radical (unpaired) electrons. The van der Waals surface area contributed by atoms with E-state index in [1.54, 1.807) is 0 Å². The Labute approximate surface area is 539 Å². The third-order valence-electron chi connectivity index (χ3n) is 15.4. The van der Waals surface area contributed by atoms with Crippen molar-refractivity contribution in [1.29, 1.82) is 0 Å². The molecule has 0 aromatic heterocycles. The van der Waals surface area contributed by atoms with Crippen LogP contribution in [0.2, 0.25) is 0 Å². The molecule has 36 nitrogen and oxygen atoms in total. The number of hydrogen-bond acceptors (Lipinski definition) is 35. The summed E-state index contributed by atoms with van der Waals surface area (Å²) in [5.41, 5.74) is -0.0623. The summed E-state index contributed by atoms with van der Waals surface area (Å²) in [6.45, 7) is -3.17. The summed E-state index contributed by atoms with van der Waals surface area (Å²) in [4.78, 5) is 48.8. The second-order valence-corrected chi connectivity index (χ2v) is 22.2. The standard InChI is InChI=1S/C60H66O36/c61-17-35-44(73)48(77)52(81)59(93-35)91-33-10-22(1-5-26(33)63)4-8-41(70)86-18-36-45(74)49(78)53(82)57(94-36)89-30-6-2-21(9-27(30)64)3-7-40(69)85-19-37-46(75)51(80)55(84)60(96-37)92-34-15-25-31(88-56(34)23-11-28(65)43(72)29(66)12-23)13-24(62)14-32(25)90-58-54(83)50(79)47(76)38(95-58)20-87-42(71)16-39(67)68/h1-15,35-38,44-66,72-84H,16-20H2,(H,67,68). The summed E-state index contributed by atoms with van der Waals surface area (Å²) in [6, 6.07) is 11.0. The van der Waals surface area contributed by atoms with Crippen molar-refractivity contribution in [1.82, 2.24) is 0 Å². The number of aliphatic hydroxyl groups is 13. The zero-order valence-corrected chi connectivity index (χ0v) is 49.3. The van der Waals surface area contributed by atoms with Crippen molar-refractivity contribution in [2.45, 2.75) is 135 Å². The number of aromatic hydroxyl groups is 6. The molecule has 96 heavy (non-hydrogen) atoms. The number of aliphatic hydroxyl groups excluding tert-OH is 13. The van der Waals surface area contributed by atoms with E-state index >= 15 is 0 Å². The minimum absolute atomic E-state index is 0.111. The molecule has 21 atom stereocenters. The highest BCUT2D eigenvalue weighted by Gasteiger charge is 2.50. The Balaban J connectivity index is 0.820. The molecule has 0 aliphatic carbocycles. The van der Waals surface area contributed by atoms with E-state index in [-0.39, 0.29) is 39.5 Å². The van der Waals surface area contributed by atoms with Crippen molar-refractivity contribution in [2.75, 3.05) is 26.4 Å². The molecule has 4 aromatic rings. The number of esters is 3. The molecule has 9 rings (SSSR count). The first-order valence-corrected chi connectivity index (χ1v) is 28.8. The van der Waals surface area contributed by atoms with E-state index in [0.717, 1.165) is 66.8 Å². The van der Waals surface area contributed by atoms with E-state index in [0.29, 0.717) is 0 Å². The highest BCUT2D eigenvalue weighted by molar-refractivity contribution is 5.90. The molecule has 36 heteroatoms. The van der Waals surface area contributed by atoms with Gasteiger partial charge in [-0.05, 0) is 65.8 Å². The van der Waals surface area contributed by atoms with Crippen LogP contribution in [0.3, 0.4) is 0 Å². The van der Waals surface area contributed by atoms with E-state index in [1.165, 1.54) is 24.3 Å². The van der Waals surface area contributed by atoms with Crippen molar-refractivity contribution >= 4 is 42.1 Å². The van der Waals surface area contributed by atoms with Gasteiger partial charge in [-0.25, -0.2) is 9.59 Å². The van der Waals surface area contributed by atoms with E-state index in [9.17, 15) is 116 Å². The number of phenolic OH excluding ortho intramolecular Hbond substituents is 6. The molecule has 0 saturated carbocycles. The number of benzene rings is 4. The van der Waals surface area contributed by atoms with Gasteiger partial charge in [0.05, 0.1) is 12.2 Å². The molecule has 4 fully saturated rings. The molecule has 0 amide bonds. The lowest BCUT2D eigenvalue weighted by Crippen LogP contribution is -2.60. The molecule has 5 heterocycles. The fourth-order valence-electron chi connectivity index (χ4n) is 10.1. The van der Waals surface area contributed by atoms with Gasteiger partial charge in [0.1, 0.15) is 147 Å². The molecule has 4 saturated heterocycles. The number of carboxylic acids is 1. The number of carbonyl (C=O) groups excluding carboxylic acids is 3. The minimum Gasteiger partial charge on any atom is -0.508 e. The first kappa shape index (κ1) is 71.4. The number of phenols is 6. The van der Waals surface area contributed by atoms with E-state index in [1.807, 2.05) is 0 Å². The summed E-state index contributed by atoms with van der Waals surface area (Å²) in [6.07, 6.45) is -34.4. The Morgan fingerprint density at radius 2 is 0.896 bits per heavy atom. The average Bonchev–Trinajstić information content (AvgIpc) is 0.765. The largest absolute Gasteiger partial charge is 0.508 e. The molecular formula is C60H66O36. The van der Waals surface area contributed by atoms with Crippen LogP contribution < -0.4 is 18.9 Å². The Hall–Kier alpha value is -8.90. The lowest BCUT2D eigenvalue weighted by molar-refractivity contribution is -0.294. The van der Waals surface area contributed by atoms with Crippen molar-refractivity contribution in [3.05, 3.63) is 101 Å². The Bertz CT molecular complexity index is 3510. The van der Waals surface area contributed by atoms with Gasteiger partial charge in [0, 0.05) is 29.8 Å². The van der Waals surface area contributed by atoms with Gasteiger partial charge in [0.15, 0.2) is 46.4 Å². The second kappa shape index (κ2) is 30.4. The fraction of sp³-hybridized carbons (Fsp3) is 0.433. The summed E-state index contributed by atoms with van der Waals surface area (Å²) in [7, 11) is 0. The molecule has 0 bridgehead atoms. The highest BCUT2D eigenvalue weighted by Crippen LogP contribution is 2.48. The van der Waals surface area contributed by atoms with E-state index < -0.39 is 232 Å². The number of hydrogen-bond donors (Lipinski definition) is 20. The minimum atomic E-state index is -2.13. The maximum absolute atomic E-state index is 13.1. The van der Waals surface area contributed by atoms with Gasteiger partial charge in [-0.15, -0.1) is 0 Å². The van der Waals surface area contributed by atoms with Gasteiger partial charge in [0.25, 0.3) is 0 Å². The second-order valence-electron chi connectivity index (χ2n) is 22.2. The first-order chi connectivity index (χ1) is 45.5. The third kappa shape index (κ3) is 16.3. The first-order valence-electron chi connectivity index (χ1n) is 28.8. The Morgan fingerprint density at radius 3 is 1.40 bits per heavy atom. The summed E-state index contributed by atoms with van der Waals surface area (Å²) >= 11 is 0. The zero-order chi connectivity index (χ0) is 69.7. The summed E-state index contributed by atoms with van der Waals surface area (Å²) < 4.78 is 66.7. The lowest BCUT2D eigenvalue weighted by atomic mass is 9.98. The maximum Gasteiger partial charge on any atom is 0.330 e. The van der Waals surface area contributed by atoms with Crippen LogP contribution >= 0.6 is 0 Å². The Morgan fingerprint density at radius 1 is 0.448 bits per heavy atom. The molecule has 5 aliphatic heterocycles. The van der Waals surface area contributed by atoms with Gasteiger partial charge < -0.3 is 159 Å². The van der Waals surface area contributed by atoms with Gasteiger partial charge in [-0.1, -0.05) is 12.1 Å². The highest BCUT2D eigenvalue weighted by atomic mass is 16.7. The average molecular weight is 1360 g/mol. The van der Waals surface area contributed by atoms with Crippen molar-refractivity contribution in [2.24, 2.45) is 0 Å². The van der Waals surface area contributed by atoms with Crippen LogP contribution in [0, 0.1) is 0 Å². The topological polar surface area (TPSA) is 584 Å². The maximum atomic E-state index is 13.1. The van der Waals surface area contributed by atoms with Crippen LogP contribution in [0.25, 0.3) is 18.2 Å². The number of rotatable bonds is 22. The lowest BCUT2D eigenvalue weighted by Gasteiger charge is -2.41. The van der Waals surface area contributed by atoms with Crippen LogP contribution in [0.1, 0.15) is 34.8 Å². The molecule has 20 N–H and O–H groups in total. The summed E-state index contributed by atoms with van der Waals surface area (Å²) in [5.74, 6) is -11.2. The molecule has 21 unspecified atom stereocenters. The van der Waals surface area contributed by atoms with Gasteiger partial charge in [-0.2, -0.15) is 0 Å². The fourth-order valence-corrected chi connectivity index (χ4v) is 10.1. The number of carbonyl (C=O) groups is 4. The van der Waals surface area contributed by atoms with E-state index in [2.05, 4.69) is 0 Å².